The van der Waals surface area contributed by atoms with Gasteiger partial charge in [-0.05, 0) is 24.8 Å². The first-order valence-electron chi connectivity index (χ1n) is 8.21. The summed E-state index contributed by atoms with van der Waals surface area (Å²) in [6.45, 7) is 4.32. The van der Waals surface area contributed by atoms with Crippen LogP contribution in [0.25, 0.3) is 0 Å². The first-order chi connectivity index (χ1) is 10.3. The minimum absolute atomic E-state index is 0.175. The van der Waals surface area contributed by atoms with Crippen LogP contribution in [0.2, 0.25) is 0 Å². The molecule has 1 heterocycles. The number of hydrogen-bond acceptors (Lipinski definition) is 2. The summed E-state index contributed by atoms with van der Waals surface area (Å²) in [6, 6.07) is 10.2. The number of carbonyl (C=O) groups is 1. The molecular weight excluding hydrogens is 262 g/mol. The SMILES string of the molecule is CCCCCCNC(=O)C1(c2ccccc2)CCOCC1. The second-order valence-electron chi connectivity index (χ2n) is 5.88. The Kier molecular flexibility index (Phi) is 6.24. The summed E-state index contributed by atoms with van der Waals surface area (Å²) in [5.74, 6) is 0.175. The Morgan fingerprint density at radius 2 is 1.86 bits per heavy atom. The number of ether oxygens (including phenoxy) is 1. The number of carbonyl (C=O) groups excluding carboxylic acids is 1. The highest BCUT2D eigenvalue weighted by Crippen LogP contribution is 2.35. The fourth-order valence-corrected chi connectivity index (χ4v) is 3.05. The lowest BCUT2D eigenvalue weighted by atomic mass is 9.73. The third-order valence-electron chi connectivity index (χ3n) is 4.42. The highest BCUT2D eigenvalue weighted by Gasteiger charge is 2.41. The summed E-state index contributed by atoms with van der Waals surface area (Å²) in [4.78, 5) is 12.8. The van der Waals surface area contributed by atoms with E-state index in [1.807, 2.05) is 18.2 Å². The molecule has 21 heavy (non-hydrogen) atoms. The molecule has 1 aromatic carbocycles. The van der Waals surface area contributed by atoms with Crippen LogP contribution in [0.3, 0.4) is 0 Å². The maximum atomic E-state index is 12.8. The third-order valence-corrected chi connectivity index (χ3v) is 4.42. The predicted molar refractivity (Wildman–Crippen MR) is 85.3 cm³/mol. The first-order valence-corrected chi connectivity index (χ1v) is 8.21. The number of amides is 1. The van der Waals surface area contributed by atoms with Crippen LogP contribution < -0.4 is 5.32 Å². The van der Waals surface area contributed by atoms with Crippen molar-refractivity contribution in [1.82, 2.24) is 5.32 Å². The summed E-state index contributed by atoms with van der Waals surface area (Å²) < 4.78 is 5.47. The Bertz CT molecular complexity index is 424. The van der Waals surface area contributed by atoms with Gasteiger partial charge in [-0.25, -0.2) is 0 Å². The summed E-state index contributed by atoms with van der Waals surface area (Å²) in [7, 11) is 0. The molecule has 1 saturated heterocycles. The summed E-state index contributed by atoms with van der Waals surface area (Å²) in [5, 5.41) is 3.16. The fraction of sp³-hybridized carbons (Fsp3) is 0.611. The van der Waals surface area contributed by atoms with Crippen molar-refractivity contribution < 1.29 is 9.53 Å². The number of rotatable bonds is 7. The number of unbranched alkanes of at least 4 members (excludes halogenated alkanes) is 3. The second-order valence-corrected chi connectivity index (χ2v) is 5.88. The average Bonchev–Trinajstić information content (AvgIpc) is 2.56. The van der Waals surface area contributed by atoms with Gasteiger partial charge in [0.1, 0.15) is 0 Å². The molecule has 1 aromatic rings. The van der Waals surface area contributed by atoms with Crippen molar-refractivity contribution in [2.75, 3.05) is 19.8 Å². The quantitative estimate of drug-likeness (QED) is 0.781. The van der Waals surface area contributed by atoms with Crippen molar-refractivity contribution in [3.63, 3.8) is 0 Å². The molecule has 3 heteroatoms. The summed E-state index contributed by atoms with van der Waals surface area (Å²) in [5.41, 5.74) is 0.726. The standard InChI is InChI=1S/C18H27NO2/c1-2-3-4-8-13-19-17(20)18(11-14-21-15-12-18)16-9-6-5-7-10-16/h5-7,9-10H,2-4,8,11-15H2,1H3,(H,19,20). The minimum atomic E-state index is -0.399. The Labute approximate surface area is 128 Å². The molecule has 0 aliphatic carbocycles. The normalized spacial score (nSPS) is 17.4. The van der Waals surface area contributed by atoms with Crippen molar-refractivity contribution in [1.29, 1.82) is 0 Å². The van der Waals surface area contributed by atoms with Crippen LogP contribution in [-0.2, 0) is 14.9 Å². The van der Waals surface area contributed by atoms with Crippen molar-refractivity contribution in [2.45, 2.75) is 50.9 Å². The highest BCUT2D eigenvalue weighted by atomic mass is 16.5. The molecule has 1 amide bonds. The second kappa shape index (κ2) is 8.18. The zero-order valence-electron chi connectivity index (χ0n) is 13.1. The molecule has 0 saturated carbocycles. The van der Waals surface area contributed by atoms with Gasteiger partial charge in [-0.2, -0.15) is 0 Å². The van der Waals surface area contributed by atoms with Crippen molar-refractivity contribution >= 4 is 5.91 Å². The van der Waals surface area contributed by atoms with Gasteiger partial charge in [0.25, 0.3) is 0 Å². The van der Waals surface area contributed by atoms with E-state index in [9.17, 15) is 4.79 Å². The smallest absolute Gasteiger partial charge is 0.230 e. The highest BCUT2D eigenvalue weighted by molar-refractivity contribution is 5.88. The summed E-state index contributed by atoms with van der Waals surface area (Å²) >= 11 is 0. The van der Waals surface area contributed by atoms with E-state index in [0.717, 1.165) is 31.4 Å². The van der Waals surface area contributed by atoms with Gasteiger partial charge in [0.05, 0.1) is 5.41 Å². The third kappa shape index (κ3) is 4.07. The molecule has 2 rings (SSSR count). The van der Waals surface area contributed by atoms with Crippen molar-refractivity contribution in [3.8, 4) is 0 Å². The number of hydrogen-bond donors (Lipinski definition) is 1. The van der Waals surface area contributed by atoms with E-state index in [0.29, 0.717) is 13.2 Å². The van der Waals surface area contributed by atoms with E-state index >= 15 is 0 Å². The molecule has 0 aromatic heterocycles. The van der Waals surface area contributed by atoms with Crippen LogP contribution in [0.15, 0.2) is 30.3 Å². The van der Waals surface area contributed by atoms with E-state index in [4.69, 9.17) is 4.74 Å². The molecule has 116 valence electrons. The van der Waals surface area contributed by atoms with Crippen LogP contribution in [-0.4, -0.2) is 25.7 Å². The van der Waals surface area contributed by atoms with Crippen LogP contribution in [0.5, 0.6) is 0 Å². The van der Waals surface area contributed by atoms with E-state index in [2.05, 4.69) is 24.4 Å². The Balaban J connectivity index is 2.01. The molecular formula is C18H27NO2. The van der Waals surface area contributed by atoms with Crippen LogP contribution in [0.1, 0.15) is 51.0 Å². The topological polar surface area (TPSA) is 38.3 Å². The van der Waals surface area contributed by atoms with Gasteiger partial charge >= 0.3 is 0 Å². The zero-order chi connectivity index (χ0) is 15.0. The number of benzene rings is 1. The average molecular weight is 289 g/mol. The van der Waals surface area contributed by atoms with Gasteiger partial charge in [0.15, 0.2) is 0 Å². The summed E-state index contributed by atoms with van der Waals surface area (Å²) in [6.07, 6.45) is 6.28. The molecule has 1 N–H and O–H groups in total. The van der Waals surface area contributed by atoms with Crippen molar-refractivity contribution in [3.05, 3.63) is 35.9 Å². The van der Waals surface area contributed by atoms with E-state index < -0.39 is 5.41 Å². The molecule has 0 unspecified atom stereocenters. The molecule has 0 bridgehead atoms. The van der Waals surface area contributed by atoms with Gasteiger partial charge in [0.2, 0.25) is 5.91 Å². The predicted octanol–water partition coefficient (Wildman–Crippen LogP) is 3.43. The Morgan fingerprint density at radius 1 is 1.14 bits per heavy atom. The van der Waals surface area contributed by atoms with Gasteiger partial charge in [-0.3, -0.25) is 4.79 Å². The largest absolute Gasteiger partial charge is 0.381 e. The van der Waals surface area contributed by atoms with Crippen LogP contribution >= 0.6 is 0 Å². The monoisotopic (exact) mass is 289 g/mol. The molecule has 0 spiro atoms. The van der Waals surface area contributed by atoms with Gasteiger partial charge < -0.3 is 10.1 Å². The Hall–Kier alpha value is -1.35. The number of nitrogens with one attached hydrogen (secondary N) is 1. The van der Waals surface area contributed by atoms with E-state index in [-0.39, 0.29) is 5.91 Å². The lowest BCUT2D eigenvalue weighted by Crippen LogP contribution is -2.48. The van der Waals surface area contributed by atoms with E-state index in [1.54, 1.807) is 0 Å². The molecule has 1 fully saturated rings. The van der Waals surface area contributed by atoms with Gasteiger partial charge in [0, 0.05) is 19.8 Å². The lowest BCUT2D eigenvalue weighted by Gasteiger charge is -2.36. The van der Waals surface area contributed by atoms with E-state index in [1.165, 1.54) is 19.3 Å². The molecule has 0 atom stereocenters. The van der Waals surface area contributed by atoms with Gasteiger partial charge in [-0.15, -0.1) is 0 Å². The zero-order valence-corrected chi connectivity index (χ0v) is 13.1. The fourth-order valence-electron chi connectivity index (χ4n) is 3.05. The minimum Gasteiger partial charge on any atom is -0.381 e. The van der Waals surface area contributed by atoms with Crippen molar-refractivity contribution in [2.24, 2.45) is 0 Å². The molecule has 3 nitrogen and oxygen atoms in total. The lowest BCUT2D eigenvalue weighted by molar-refractivity contribution is -0.130. The first kappa shape index (κ1) is 16.0. The maximum Gasteiger partial charge on any atom is 0.230 e. The molecule has 0 radical (unpaired) electrons. The molecule has 1 aliphatic rings. The maximum absolute atomic E-state index is 12.8. The molecule has 1 aliphatic heterocycles. The Morgan fingerprint density at radius 3 is 2.52 bits per heavy atom. The van der Waals surface area contributed by atoms with Crippen LogP contribution in [0, 0.1) is 0 Å². The van der Waals surface area contributed by atoms with Gasteiger partial charge in [-0.1, -0.05) is 56.5 Å². The van der Waals surface area contributed by atoms with Crippen LogP contribution in [0.4, 0.5) is 0 Å².